The van der Waals surface area contributed by atoms with Gasteiger partial charge in [0.25, 0.3) is 0 Å². The zero-order chi connectivity index (χ0) is 18.1. The first-order chi connectivity index (χ1) is 12.0. The van der Waals surface area contributed by atoms with Gasteiger partial charge in [0.15, 0.2) is 5.96 Å². The van der Waals surface area contributed by atoms with E-state index in [0.29, 0.717) is 13.2 Å². The van der Waals surface area contributed by atoms with Gasteiger partial charge in [0, 0.05) is 18.8 Å². The number of hydrogen-bond acceptors (Lipinski definition) is 4. The number of hydrogen-bond donors (Lipinski definition) is 3. The van der Waals surface area contributed by atoms with Crippen LogP contribution in [0.5, 0.6) is 0 Å². The predicted octanol–water partition coefficient (Wildman–Crippen LogP) is 1.46. The Morgan fingerprint density at radius 1 is 1.40 bits per heavy atom. The van der Waals surface area contributed by atoms with Crippen molar-refractivity contribution in [2.75, 3.05) is 30.8 Å². The molecule has 1 aromatic carbocycles. The Kier molecular flexibility index (Phi) is 7.67. The van der Waals surface area contributed by atoms with E-state index in [4.69, 9.17) is 10.5 Å². The molecule has 1 heterocycles. The maximum atomic E-state index is 12.0. The second-order valence-corrected chi connectivity index (χ2v) is 8.03. The average Bonchev–Trinajstić information content (AvgIpc) is 2.61. The van der Waals surface area contributed by atoms with Crippen molar-refractivity contribution in [1.29, 1.82) is 0 Å². The van der Waals surface area contributed by atoms with Crippen LogP contribution >= 0.6 is 0 Å². The molecule has 1 unspecified atom stereocenters. The summed E-state index contributed by atoms with van der Waals surface area (Å²) in [4.78, 5) is 4.09. The normalized spacial score (nSPS) is 18.9. The maximum Gasteiger partial charge on any atom is 0.213 e. The van der Waals surface area contributed by atoms with Crippen LogP contribution in [0.25, 0.3) is 0 Å². The molecule has 0 radical (unpaired) electrons. The SMILES string of the molecule is CCc1cccc(NC(N)=NCCS(=O)(=O)NCC2CCCCO2)c1. The second kappa shape index (κ2) is 9.74. The molecule has 1 saturated heterocycles. The lowest BCUT2D eigenvalue weighted by molar-refractivity contribution is 0.0200. The number of benzene rings is 1. The number of nitrogens with zero attached hydrogens (tertiary/aromatic N) is 1. The highest BCUT2D eigenvalue weighted by atomic mass is 32.2. The third-order valence-corrected chi connectivity index (χ3v) is 5.38. The van der Waals surface area contributed by atoms with Gasteiger partial charge < -0.3 is 15.8 Å². The van der Waals surface area contributed by atoms with Crippen molar-refractivity contribution in [1.82, 2.24) is 4.72 Å². The highest BCUT2D eigenvalue weighted by Crippen LogP contribution is 2.12. The van der Waals surface area contributed by atoms with E-state index in [9.17, 15) is 8.42 Å². The monoisotopic (exact) mass is 368 g/mol. The van der Waals surface area contributed by atoms with Crippen LogP contribution in [-0.4, -0.2) is 45.9 Å². The van der Waals surface area contributed by atoms with Crippen molar-refractivity contribution in [2.24, 2.45) is 10.7 Å². The molecule has 0 saturated carbocycles. The Labute approximate surface area is 150 Å². The molecule has 8 heteroatoms. The smallest absolute Gasteiger partial charge is 0.213 e. The number of ether oxygens (including phenoxy) is 1. The molecule has 4 N–H and O–H groups in total. The van der Waals surface area contributed by atoms with Gasteiger partial charge >= 0.3 is 0 Å². The fourth-order valence-electron chi connectivity index (χ4n) is 2.60. The highest BCUT2D eigenvalue weighted by Gasteiger charge is 2.17. The zero-order valence-corrected chi connectivity index (χ0v) is 15.5. The van der Waals surface area contributed by atoms with Crippen LogP contribution in [0.2, 0.25) is 0 Å². The molecular formula is C17H28N4O3S. The summed E-state index contributed by atoms with van der Waals surface area (Å²) < 4.78 is 32.1. The van der Waals surface area contributed by atoms with Crippen LogP contribution < -0.4 is 15.8 Å². The largest absolute Gasteiger partial charge is 0.377 e. The van der Waals surface area contributed by atoms with Crippen LogP contribution in [0.15, 0.2) is 29.3 Å². The number of anilines is 1. The number of aliphatic imine (C=N–C) groups is 1. The van der Waals surface area contributed by atoms with E-state index in [-0.39, 0.29) is 24.4 Å². The lowest BCUT2D eigenvalue weighted by Gasteiger charge is -2.22. The van der Waals surface area contributed by atoms with Gasteiger partial charge in [-0.25, -0.2) is 13.1 Å². The Morgan fingerprint density at radius 2 is 2.24 bits per heavy atom. The molecule has 7 nitrogen and oxygen atoms in total. The van der Waals surface area contributed by atoms with Gasteiger partial charge in [0.1, 0.15) is 0 Å². The Bertz CT molecular complexity index is 670. The summed E-state index contributed by atoms with van der Waals surface area (Å²) in [5.74, 6) is 0.107. The summed E-state index contributed by atoms with van der Waals surface area (Å²) in [7, 11) is -3.38. The van der Waals surface area contributed by atoms with Crippen LogP contribution in [-0.2, 0) is 21.2 Å². The van der Waals surface area contributed by atoms with E-state index in [1.165, 1.54) is 5.56 Å². The van der Waals surface area contributed by atoms with Gasteiger partial charge in [0.2, 0.25) is 10.0 Å². The van der Waals surface area contributed by atoms with Crippen molar-refractivity contribution in [3.8, 4) is 0 Å². The molecule has 1 aliphatic rings. The molecule has 1 aliphatic heterocycles. The quantitative estimate of drug-likeness (QED) is 0.476. The number of nitrogens with two attached hydrogens (primary N) is 1. The Balaban J connectivity index is 1.75. The average molecular weight is 369 g/mol. The van der Waals surface area contributed by atoms with E-state index >= 15 is 0 Å². The lowest BCUT2D eigenvalue weighted by atomic mass is 10.1. The number of nitrogens with one attached hydrogen (secondary N) is 2. The summed E-state index contributed by atoms with van der Waals surface area (Å²) in [6, 6.07) is 7.86. The van der Waals surface area contributed by atoms with Crippen LogP contribution in [0.4, 0.5) is 5.69 Å². The van der Waals surface area contributed by atoms with Crippen molar-refractivity contribution >= 4 is 21.7 Å². The molecule has 2 rings (SSSR count). The van der Waals surface area contributed by atoms with Crippen molar-refractivity contribution in [3.05, 3.63) is 29.8 Å². The molecular weight excluding hydrogens is 340 g/mol. The first-order valence-corrected chi connectivity index (χ1v) is 10.4. The molecule has 1 atom stereocenters. The Hall–Kier alpha value is -1.64. The minimum absolute atomic E-state index is 0.0235. The summed E-state index contributed by atoms with van der Waals surface area (Å²) >= 11 is 0. The second-order valence-electron chi connectivity index (χ2n) is 6.10. The minimum Gasteiger partial charge on any atom is -0.377 e. The first kappa shape index (κ1) is 19.7. The van der Waals surface area contributed by atoms with Gasteiger partial charge in [-0.05, 0) is 43.4 Å². The van der Waals surface area contributed by atoms with Gasteiger partial charge in [0.05, 0.1) is 18.4 Å². The van der Waals surface area contributed by atoms with Crippen molar-refractivity contribution in [3.63, 3.8) is 0 Å². The van der Waals surface area contributed by atoms with Crippen LogP contribution in [0.3, 0.4) is 0 Å². The number of aryl methyl sites for hydroxylation is 1. The van der Waals surface area contributed by atoms with Gasteiger partial charge in [-0.15, -0.1) is 0 Å². The van der Waals surface area contributed by atoms with Gasteiger partial charge in [-0.1, -0.05) is 19.1 Å². The van der Waals surface area contributed by atoms with Crippen molar-refractivity contribution < 1.29 is 13.2 Å². The summed E-state index contributed by atoms with van der Waals surface area (Å²) in [5, 5.41) is 2.98. The zero-order valence-electron chi connectivity index (χ0n) is 14.7. The molecule has 0 aliphatic carbocycles. The molecule has 1 fully saturated rings. The fraction of sp³-hybridized carbons (Fsp3) is 0.588. The van der Waals surface area contributed by atoms with Crippen molar-refractivity contribution in [2.45, 2.75) is 38.7 Å². The summed E-state index contributed by atoms with van der Waals surface area (Å²) in [6.07, 6.45) is 3.93. The van der Waals surface area contributed by atoms with E-state index < -0.39 is 10.0 Å². The number of rotatable bonds is 8. The maximum absolute atomic E-state index is 12.0. The third-order valence-electron chi connectivity index (χ3n) is 4.05. The Morgan fingerprint density at radius 3 is 2.96 bits per heavy atom. The predicted molar refractivity (Wildman–Crippen MR) is 101 cm³/mol. The lowest BCUT2D eigenvalue weighted by Crippen LogP contribution is -2.37. The van der Waals surface area contributed by atoms with E-state index in [1.54, 1.807) is 0 Å². The van der Waals surface area contributed by atoms with Crippen LogP contribution in [0.1, 0.15) is 31.7 Å². The topological polar surface area (TPSA) is 106 Å². The molecule has 25 heavy (non-hydrogen) atoms. The number of sulfonamides is 1. The minimum atomic E-state index is -3.38. The third kappa shape index (κ3) is 7.41. The molecule has 140 valence electrons. The van der Waals surface area contributed by atoms with E-state index in [1.807, 2.05) is 24.3 Å². The van der Waals surface area contributed by atoms with Gasteiger partial charge in [-0.2, -0.15) is 0 Å². The van der Waals surface area contributed by atoms with Crippen LogP contribution in [0, 0.1) is 0 Å². The summed E-state index contributed by atoms with van der Waals surface area (Å²) in [5.41, 5.74) is 7.85. The molecule has 1 aromatic rings. The van der Waals surface area contributed by atoms with Gasteiger partial charge in [-0.3, -0.25) is 4.99 Å². The molecule has 0 aromatic heterocycles. The highest BCUT2D eigenvalue weighted by molar-refractivity contribution is 7.89. The first-order valence-electron chi connectivity index (χ1n) is 8.73. The van der Waals surface area contributed by atoms with E-state index in [2.05, 4.69) is 22.0 Å². The molecule has 0 amide bonds. The standard InChI is InChI=1S/C17H28N4O3S/c1-2-14-6-5-7-15(12-14)21-17(18)19-9-11-25(22,23)20-13-16-8-3-4-10-24-16/h5-7,12,16,20H,2-4,8-11,13H2,1H3,(H3,18,19,21). The number of guanidine groups is 1. The fourth-order valence-corrected chi connectivity index (χ4v) is 3.52. The summed E-state index contributed by atoms with van der Waals surface area (Å²) in [6.45, 7) is 3.21. The molecule has 0 bridgehead atoms. The van der Waals surface area contributed by atoms with E-state index in [0.717, 1.165) is 31.4 Å². The molecule has 0 spiro atoms.